The number of hydrogen-bond donors (Lipinski definition) is 2. The van der Waals surface area contributed by atoms with Crippen LogP contribution in [0.1, 0.15) is 4.88 Å². The molecule has 2 heterocycles. The summed E-state index contributed by atoms with van der Waals surface area (Å²) in [5.74, 6) is -1.37. The zero-order chi connectivity index (χ0) is 12.3. The van der Waals surface area contributed by atoms with Crippen molar-refractivity contribution in [2.24, 2.45) is 0 Å². The summed E-state index contributed by atoms with van der Waals surface area (Å²) < 4.78 is 0. The molecule has 86 valence electrons. The monoisotopic (exact) mass is 248 g/mol. The third-order valence-corrected chi connectivity index (χ3v) is 2.85. The van der Waals surface area contributed by atoms with Gasteiger partial charge >= 0.3 is 6.03 Å². The molecule has 17 heavy (non-hydrogen) atoms. The Morgan fingerprint density at radius 3 is 2.41 bits per heavy atom. The van der Waals surface area contributed by atoms with E-state index >= 15 is 0 Å². The van der Waals surface area contributed by atoms with E-state index in [1.54, 1.807) is 23.5 Å². The van der Waals surface area contributed by atoms with Crippen LogP contribution in [-0.2, 0) is 9.59 Å². The molecule has 1 aliphatic rings. The van der Waals surface area contributed by atoms with Gasteiger partial charge in [-0.15, -0.1) is 11.3 Å². The maximum absolute atomic E-state index is 11.3. The lowest BCUT2D eigenvalue weighted by Gasteiger charge is -2.12. The van der Waals surface area contributed by atoms with Crippen LogP contribution in [0.15, 0.2) is 35.2 Å². The van der Waals surface area contributed by atoms with Crippen LogP contribution < -0.4 is 10.6 Å². The highest BCUT2D eigenvalue weighted by Crippen LogP contribution is 2.10. The highest BCUT2D eigenvalue weighted by Gasteiger charge is 2.26. The van der Waals surface area contributed by atoms with E-state index in [4.69, 9.17) is 0 Å². The van der Waals surface area contributed by atoms with Crippen molar-refractivity contribution in [3.63, 3.8) is 0 Å². The molecule has 6 heteroatoms. The number of allylic oxidation sites excluding steroid dienone is 2. The van der Waals surface area contributed by atoms with Crippen LogP contribution in [-0.4, -0.2) is 17.8 Å². The summed E-state index contributed by atoms with van der Waals surface area (Å²) in [5.41, 5.74) is -0.0857. The largest absolute Gasteiger partial charge is 0.328 e. The molecular weight excluding hydrogens is 240 g/mol. The van der Waals surface area contributed by atoms with Crippen molar-refractivity contribution in [1.29, 1.82) is 0 Å². The third kappa shape index (κ3) is 2.67. The fourth-order valence-corrected chi connectivity index (χ4v) is 1.88. The van der Waals surface area contributed by atoms with Crippen molar-refractivity contribution in [3.8, 4) is 0 Å². The Labute approximate surface area is 101 Å². The molecule has 1 aromatic heterocycles. The number of thiophene rings is 1. The zero-order valence-electron chi connectivity index (χ0n) is 8.60. The van der Waals surface area contributed by atoms with Crippen LogP contribution >= 0.6 is 11.3 Å². The van der Waals surface area contributed by atoms with Crippen LogP contribution in [0.5, 0.6) is 0 Å². The molecule has 0 saturated carbocycles. The van der Waals surface area contributed by atoms with E-state index in [0.717, 1.165) is 4.88 Å². The predicted molar refractivity (Wildman–Crippen MR) is 63.1 cm³/mol. The summed E-state index contributed by atoms with van der Waals surface area (Å²) in [6.45, 7) is 0. The second-order valence-electron chi connectivity index (χ2n) is 3.19. The average Bonchev–Trinajstić information content (AvgIpc) is 2.74. The minimum Gasteiger partial charge on any atom is -0.273 e. The summed E-state index contributed by atoms with van der Waals surface area (Å²) in [4.78, 5) is 34.4. The summed E-state index contributed by atoms with van der Waals surface area (Å²) in [6, 6.07) is 3.01. The number of imide groups is 2. The molecule has 0 spiro atoms. The van der Waals surface area contributed by atoms with Crippen LogP contribution in [0, 0.1) is 0 Å². The molecule has 0 unspecified atom stereocenters. The summed E-state index contributed by atoms with van der Waals surface area (Å²) in [7, 11) is 0. The van der Waals surface area contributed by atoms with E-state index in [1.165, 1.54) is 6.08 Å². The lowest BCUT2D eigenvalue weighted by molar-refractivity contribution is -0.124. The molecule has 2 rings (SSSR count). The lowest BCUT2D eigenvalue weighted by Crippen LogP contribution is -2.51. The molecule has 1 aliphatic heterocycles. The Morgan fingerprint density at radius 1 is 1.12 bits per heavy atom. The first kappa shape index (κ1) is 11.3. The van der Waals surface area contributed by atoms with Crippen molar-refractivity contribution in [1.82, 2.24) is 10.6 Å². The molecule has 4 amide bonds. The zero-order valence-corrected chi connectivity index (χ0v) is 9.41. The Hall–Kier alpha value is -2.21. The quantitative estimate of drug-likeness (QED) is 0.607. The van der Waals surface area contributed by atoms with Gasteiger partial charge in [-0.05, 0) is 23.6 Å². The first-order chi connectivity index (χ1) is 8.16. The molecule has 0 bridgehead atoms. The SMILES string of the molecule is O=C1NC(=O)C(=CC=Cc2cccs2)C(=O)N1. The number of amides is 4. The van der Waals surface area contributed by atoms with Crippen molar-refractivity contribution in [2.75, 3.05) is 0 Å². The van der Waals surface area contributed by atoms with Crippen molar-refractivity contribution in [3.05, 3.63) is 40.1 Å². The number of carbonyl (C=O) groups is 3. The average molecular weight is 248 g/mol. The minimum absolute atomic E-state index is 0.0857. The van der Waals surface area contributed by atoms with E-state index in [2.05, 4.69) is 0 Å². The van der Waals surface area contributed by atoms with E-state index in [-0.39, 0.29) is 5.57 Å². The van der Waals surface area contributed by atoms with Crippen molar-refractivity contribution in [2.45, 2.75) is 0 Å². The first-order valence-electron chi connectivity index (χ1n) is 4.75. The third-order valence-electron chi connectivity index (χ3n) is 2.01. The van der Waals surface area contributed by atoms with E-state index in [0.29, 0.717) is 0 Å². The summed E-state index contributed by atoms with van der Waals surface area (Å²) in [6.07, 6.45) is 4.74. The van der Waals surface area contributed by atoms with Gasteiger partial charge in [0.2, 0.25) is 0 Å². The topological polar surface area (TPSA) is 75.3 Å². The van der Waals surface area contributed by atoms with Gasteiger partial charge in [0.1, 0.15) is 5.57 Å². The smallest absolute Gasteiger partial charge is 0.273 e. The van der Waals surface area contributed by atoms with Crippen LogP contribution in [0.3, 0.4) is 0 Å². The molecule has 2 N–H and O–H groups in total. The molecule has 1 aromatic rings. The predicted octanol–water partition coefficient (Wildman–Crippen LogP) is 1.05. The van der Waals surface area contributed by atoms with Crippen molar-refractivity contribution < 1.29 is 14.4 Å². The van der Waals surface area contributed by atoms with Gasteiger partial charge in [-0.1, -0.05) is 12.1 Å². The second-order valence-corrected chi connectivity index (χ2v) is 4.17. The number of carbonyl (C=O) groups excluding carboxylic acids is 3. The maximum Gasteiger partial charge on any atom is 0.328 e. The molecule has 1 fully saturated rings. The van der Waals surface area contributed by atoms with E-state index < -0.39 is 17.8 Å². The van der Waals surface area contributed by atoms with Gasteiger partial charge in [0.15, 0.2) is 0 Å². The standard InChI is InChI=1S/C11H8N2O3S/c14-9-8(10(15)13-11(16)12-9)5-1-3-7-4-2-6-17-7/h1-6H,(H2,12,13,14,15,16). The molecule has 0 atom stereocenters. The Bertz CT molecular complexity index is 507. The second kappa shape index (κ2) is 4.75. The molecule has 0 aliphatic carbocycles. The van der Waals surface area contributed by atoms with E-state index in [1.807, 2.05) is 28.1 Å². The molecule has 0 aromatic carbocycles. The van der Waals surface area contributed by atoms with E-state index in [9.17, 15) is 14.4 Å². The Morgan fingerprint density at radius 2 is 1.82 bits per heavy atom. The Kier molecular flexibility index (Phi) is 3.15. The number of urea groups is 1. The fraction of sp³-hybridized carbons (Fsp3) is 0. The first-order valence-corrected chi connectivity index (χ1v) is 5.63. The Balaban J connectivity index is 2.13. The van der Waals surface area contributed by atoms with Gasteiger partial charge in [-0.3, -0.25) is 20.2 Å². The number of barbiturate groups is 1. The lowest BCUT2D eigenvalue weighted by atomic mass is 10.2. The van der Waals surface area contributed by atoms with Crippen molar-refractivity contribution >= 4 is 35.3 Å². The van der Waals surface area contributed by atoms with Gasteiger partial charge < -0.3 is 0 Å². The molecular formula is C11H8N2O3S. The van der Waals surface area contributed by atoms with Gasteiger partial charge in [0.25, 0.3) is 11.8 Å². The molecule has 1 saturated heterocycles. The maximum atomic E-state index is 11.3. The highest BCUT2D eigenvalue weighted by molar-refractivity contribution is 7.10. The molecule has 5 nitrogen and oxygen atoms in total. The van der Waals surface area contributed by atoms with Gasteiger partial charge in [0.05, 0.1) is 0 Å². The van der Waals surface area contributed by atoms with Crippen LogP contribution in [0.25, 0.3) is 6.08 Å². The molecule has 0 radical (unpaired) electrons. The fourth-order valence-electron chi connectivity index (χ4n) is 1.25. The van der Waals surface area contributed by atoms with Crippen LogP contribution in [0.4, 0.5) is 4.79 Å². The van der Waals surface area contributed by atoms with Gasteiger partial charge in [0, 0.05) is 4.88 Å². The number of rotatable bonds is 2. The van der Waals surface area contributed by atoms with Crippen LogP contribution in [0.2, 0.25) is 0 Å². The number of nitrogens with one attached hydrogen (secondary N) is 2. The summed E-state index contributed by atoms with van der Waals surface area (Å²) >= 11 is 1.54. The highest BCUT2D eigenvalue weighted by atomic mass is 32.1. The van der Waals surface area contributed by atoms with Gasteiger partial charge in [-0.25, -0.2) is 4.79 Å². The van der Waals surface area contributed by atoms with Gasteiger partial charge in [-0.2, -0.15) is 0 Å². The normalized spacial score (nSPS) is 16.0. The summed E-state index contributed by atoms with van der Waals surface area (Å²) in [5, 5.41) is 5.91. The number of hydrogen-bond acceptors (Lipinski definition) is 4. The minimum atomic E-state index is -0.792.